The Hall–Kier alpha value is -1.19. The van der Waals surface area contributed by atoms with Crippen molar-refractivity contribution in [2.45, 2.75) is 38.6 Å². The SMILES string of the molecule is CCCNC1CCCc2nc(-c3ccccc3)sc21. The standard InChI is InChI=1S/C16H20N2S/c1-2-11-17-13-9-6-10-14-15(13)19-16(18-14)12-7-4-3-5-8-12/h3-5,7-8,13,17H,2,6,9-11H2,1H3. The molecular weight excluding hydrogens is 252 g/mol. The van der Waals surface area contributed by atoms with Gasteiger partial charge in [-0.2, -0.15) is 0 Å². The second-order valence-corrected chi connectivity index (χ2v) is 6.13. The van der Waals surface area contributed by atoms with Crippen LogP contribution in [0.1, 0.15) is 42.8 Å². The van der Waals surface area contributed by atoms with Gasteiger partial charge in [-0.25, -0.2) is 4.98 Å². The van der Waals surface area contributed by atoms with Crippen LogP contribution in [0.15, 0.2) is 30.3 Å². The molecule has 3 heteroatoms. The minimum atomic E-state index is 0.527. The van der Waals surface area contributed by atoms with Crippen LogP contribution in [0.25, 0.3) is 10.6 Å². The van der Waals surface area contributed by atoms with Gasteiger partial charge >= 0.3 is 0 Å². The monoisotopic (exact) mass is 272 g/mol. The highest BCUT2D eigenvalue weighted by atomic mass is 32.1. The van der Waals surface area contributed by atoms with Crippen LogP contribution in [0.4, 0.5) is 0 Å². The maximum atomic E-state index is 4.86. The number of thiazole rings is 1. The van der Waals surface area contributed by atoms with Crippen LogP contribution >= 0.6 is 11.3 Å². The van der Waals surface area contributed by atoms with E-state index in [0.29, 0.717) is 6.04 Å². The summed E-state index contributed by atoms with van der Waals surface area (Å²) in [6, 6.07) is 11.1. The van der Waals surface area contributed by atoms with E-state index in [1.807, 2.05) is 11.3 Å². The first-order valence-electron chi connectivity index (χ1n) is 7.17. The molecule has 0 saturated carbocycles. The summed E-state index contributed by atoms with van der Waals surface area (Å²) in [5.41, 5.74) is 2.57. The van der Waals surface area contributed by atoms with Crippen LogP contribution in [0.2, 0.25) is 0 Å². The molecule has 0 spiro atoms. The van der Waals surface area contributed by atoms with Crippen LogP contribution < -0.4 is 5.32 Å². The summed E-state index contributed by atoms with van der Waals surface area (Å²) < 4.78 is 0. The van der Waals surface area contributed by atoms with Crippen LogP contribution in [-0.2, 0) is 6.42 Å². The van der Waals surface area contributed by atoms with Crippen molar-refractivity contribution in [1.82, 2.24) is 10.3 Å². The van der Waals surface area contributed by atoms with Gasteiger partial charge in [-0.1, -0.05) is 37.3 Å². The van der Waals surface area contributed by atoms with Crippen LogP contribution in [0.5, 0.6) is 0 Å². The molecule has 1 heterocycles. The van der Waals surface area contributed by atoms with Gasteiger partial charge in [-0.15, -0.1) is 11.3 Å². The lowest BCUT2D eigenvalue weighted by Gasteiger charge is -2.22. The zero-order valence-corrected chi connectivity index (χ0v) is 12.2. The summed E-state index contributed by atoms with van der Waals surface area (Å²) in [5.74, 6) is 0. The predicted octanol–water partition coefficient (Wildman–Crippen LogP) is 4.19. The molecule has 100 valence electrons. The van der Waals surface area contributed by atoms with E-state index < -0.39 is 0 Å². The van der Waals surface area contributed by atoms with Crippen LogP contribution in [0.3, 0.4) is 0 Å². The highest BCUT2D eigenvalue weighted by molar-refractivity contribution is 7.15. The summed E-state index contributed by atoms with van der Waals surface area (Å²) in [6.07, 6.45) is 4.84. The number of hydrogen-bond donors (Lipinski definition) is 1. The van der Waals surface area contributed by atoms with Crippen molar-refractivity contribution in [2.75, 3.05) is 6.54 Å². The van der Waals surface area contributed by atoms with Gasteiger partial charge in [0, 0.05) is 16.5 Å². The second kappa shape index (κ2) is 5.85. The van der Waals surface area contributed by atoms with Gasteiger partial charge < -0.3 is 5.32 Å². The van der Waals surface area contributed by atoms with Crippen LogP contribution in [-0.4, -0.2) is 11.5 Å². The maximum absolute atomic E-state index is 4.86. The number of nitrogens with zero attached hydrogens (tertiary/aromatic N) is 1. The quantitative estimate of drug-likeness (QED) is 0.903. The molecule has 1 aromatic heterocycles. The molecule has 1 aliphatic carbocycles. The van der Waals surface area contributed by atoms with Gasteiger partial charge in [-0.3, -0.25) is 0 Å². The average molecular weight is 272 g/mol. The Balaban J connectivity index is 1.89. The van der Waals surface area contributed by atoms with E-state index in [-0.39, 0.29) is 0 Å². The van der Waals surface area contributed by atoms with Gasteiger partial charge in [0.05, 0.1) is 5.69 Å². The summed E-state index contributed by atoms with van der Waals surface area (Å²) >= 11 is 1.87. The molecule has 2 aromatic rings. The van der Waals surface area contributed by atoms with E-state index in [2.05, 4.69) is 42.6 Å². The summed E-state index contributed by atoms with van der Waals surface area (Å²) in [5, 5.41) is 4.84. The van der Waals surface area contributed by atoms with Crippen molar-refractivity contribution < 1.29 is 0 Å². The van der Waals surface area contributed by atoms with Gasteiger partial charge in [0.15, 0.2) is 0 Å². The Bertz CT molecular complexity index is 533. The minimum Gasteiger partial charge on any atom is -0.309 e. The minimum absolute atomic E-state index is 0.527. The lowest BCUT2D eigenvalue weighted by molar-refractivity contribution is 0.465. The number of benzene rings is 1. The molecule has 3 rings (SSSR count). The third-order valence-electron chi connectivity index (χ3n) is 3.61. The van der Waals surface area contributed by atoms with Crippen molar-refractivity contribution >= 4 is 11.3 Å². The zero-order chi connectivity index (χ0) is 13.1. The Labute approximate surface area is 118 Å². The lowest BCUT2D eigenvalue weighted by Crippen LogP contribution is -2.24. The van der Waals surface area contributed by atoms with Crippen LogP contribution in [0, 0.1) is 0 Å². The van der Waals surface area contributed by atoms with E-state index in [1.54, 1.807) is 0 Å². The molecule has 0 saturated heterocycles. The average Bonchev–Trinajstić information content (AvgIpc) is 2.90. The summed E-state index contributed by atoms with van der Waals surface area (Å²) in [4.78, 5) is 6.33. The van der Waals surface area contributed by atoms with Crippen molar-refractivity contribution in [2.24, 2.45) is 0 Å². The molecule has 0 aliphatic heterocycles. The molecular formula is C16H20N2S. The van der Waals surface area contributed by atoms with Crippen molar-refractivity contribution in [3.8, 4) is 10.6 Å². The number of hydrogen-bond acceptors (Lipinski definition) is 3. The smallest absolute Gasteiger partial charge is 0.123 e. The Morgan fingerprint density at radius 2 is 2.16 bits per heavy atom. The Morgan fingerprint density at radius 1 is 1.32 bits per heavy atom. The molecule has 1 atom stereocenters. The molecule has 0 amide bonds. The van der Waals surface area contributed by atoms with E-state index in [4.69, 9.17) is 4.98 Å². The highest BCUT2D eigenvalue weighted by Crippen LogP contribution is 2.37. The van der Waals surface area contributed by atoms with Gasteiger partial charge in [-0.05, 0) is 32.2 Å². The second-order valence-electron chi connectivity index (χ2n) is 5.09. The molecule has 0 fully saturated rings. The van der Waals surface area contributed by atoms with Crippen molar-refractivity contribution in [3.63, 3.8) is 0 Å². The predicted molar refractivity (Wildman–Crippen MR) is 81.5 cm³/mol. The van der Waals surface area contributed by atoms with E-state index in [1.165, 1.54) is 40.4 Å². The van der Waals surface area contributed by atoms with Gasteiger partial charge in [0.25, 0.3) is 0 Å². The number of aromatic nitrogens is 1. The fraction of sp³-hybridized carbons (Fsp3) is 0.438. The number of fused-ring (bicyclic) bond motifs is 1. The zero-order valence-electron chi connectivity index (χ0n) is 11.4. The van der Waals surface area contributed by atoms with Crippen molar-refractivity contribution in [3.05, 3.63) is 40.9 Å². The molecule has 0 bridgehead atoms. The topological polar surface area (TPSA) is 24.9 Å². The Kier molecular flexibility index (Phi) is 3.95. The molecule has 19 heavy (non-hydrogen) atoms. The number of rotatable bonds is 4. The number of aryl methyl sites for hydroxylation is 1. The maximum Gasteiger partial charge on any atom is 0.123 e. The highest BCUT2D eigenvalue weighted by Gasteiger charge is 2.24. The number of nitrogens with one attached hydrogen (secondary N) is 1. The lowest BCUT2D eigenvalue weighted by atomic mass is 9.98. The first kappa shape index (κ1) is 12.8. The molecule has 1 aromatic carbocycles. The summed E-state index contributed by atoms with van der Waals surface area (Å²) in [7, 11) is 0. The first-order valence-corrected chi connectivity index (χ1v) is 7.98. The third kappa shape index (κ3) is 2.72. The van der Waals surface area contributed by atoms with E-state index in [0.717, 1.165) is 13.0 Å². The van der Waals surface area contributed by atoms with Crippen molar-refractivity contribution in [1.29, 1.82) is 0 Å². The summed E-state index contributed by atoms with van der Waals surface area (Å²) in [6.45, 7) is 3.32. The first-order chi connectivity index (χ1) is 9.38. The normalized spacial score (nSPS) is 18.3. The van der Waals surface area contributed by atoms with Gasteiger partial charge in [0.1, 0.15) is 5.01 Å². The molecule has 1 unspecified atom stereocenters. The molecule has 0 radical (unpaired) electrons. The largest absolute Gasteiger partial charge is 0.309 e. The van der Waals surface area contributed by atoms with E-state index >= 15 is 0 Å². The Morgan fingerprint density at radius 3 is 2.95 bits per heavy atom. The third-order valence-corrected chi connectivity index (χ3v) is 4.87. The fourth-order valence-electron chi connectivity index (χ4n) is 2.64. The molecule has 1 N–H and O–H groups in total. The molecule has 1 aliphatic rings. The van der Waals surface area contributed by atoms with Gasteiger partial charge in [0.2, 0.25) is 0 Å². The fourth-order valence-corrected chi connectivity index (χ4v) is 3.86. The van der Waals surface area contributed by atoms with E-state index in [9.17, 15) is 0 Å². The molecule has 2 nitrogen and oxygen atoms in total.